The van der Waals surface area contributed by atoms with Gasteiger partial charge in [-0.25, -0.2) is 0 Å². The average molecular weight is 352 g/mol. The Bertz CT molecular complexity index is 932. The maximum atomic E-state index is 10.4. The first-order chi connectivity index (χ1) is 12.6. The van der Waals surface area contributed by atoms with Gasteiger partial charge in [0, 0.05) is 23.6 Å². The molecule has 0 radical (unpaired) electrons. The van der Waals surface area contributed by atoms with Crippen LogP contribution in [0.15, 0.2) is 36.4 Å². The van der Waals surface area contributed by atoms with Crippen LogP contribution in [0.2, 0.25) is 0 Å². The van der Waals surface area contributed by atoms with Gasteiger partial charge < -0.3 is 24.1 Å². The van der Waals surface area contributed by atoms with Crippen molar-refractivity contribution in [2.24, 2.45) is 0 Å². The summed E-state index contributed by atoms with van der Waals surface area (Å²) in [5.41, 5.74) is 4.11. The zero-order chi connectivity index (χ0) is 18.0. The molecule has 1 unspecified atom stereocenters. The second-order valence-corrected chi connectivity index (χ2v) is 7.15. The van der Waals surface area contributed by atoms with Crippen LogP contribution in [0.4, 0.5) is 0 Å². The van der Waals surface area contributed by atoms with Gasteiger partial charge in [0.1, 0.15) is 23.7 Å². The van der Waals surface area contributed by atoms with E-state index in [2.05, 4.69) is 12.6 Å². The molecule has 0 bridgehead atoms. The molecule has 0 spiro atoms. The summed E-state index contributed by atoms with van der Waals surface area (Å²) >= 11 is 0. The van der Waals surface area contributed by atoms with Crippen LogP contribution < -0.4 is 18.9 Å². The lowest BCUT2D eigenvalue weighted by molar-refractivity contribution is 0.136. The molecule has 0 saturated heterocycles. The highest BCUT2D eigenvalue weighted by Gasteiger charge is 2.43. The minimum absolute atomic E-state index is 0.0136. The van der Waals surface area contributed by atoms with E-state index < -0.39 is 0 Å². The summed E-state index contributed by atoms with van der Waals surface area (Å²) in [5, 5.41) is 10.4. The molecule has 3 atom stereocenters. The Morgan fingerprint density at radius 3 is 2.81 bits per heavy atom. The zero-order valence-electron chi connectivity index (χ0n) is 14.7. The molecular formula is C21H20O5. The largest absolute Gasteiger partial charge is 0.502 e. The number of rotatable bonds is 2. The highest BCUT2D eigenvalue weighted by molar-refractivity contribution is 5.61. The Balaban J connectivity index is 1.55. The summed E-state index contributed by atoms with van der Waals surface area (Å²) < 4.78 is 23.4. The van der Waals surface area contributed by atoms with Crippen molar-refractivity contribution in [1.82, 2.24) is 0 Å². The Morgan fingerprint density at radius 2 is 2.04 bits per heavy atom. The molecule has 5 rings (SSSR count). The molecule has 0 amide bonds. The average Bonchev–Trinajstić information content (AvgIpc) is 3.21. The van der Waals surface area contributed by atoms with E-state index in [1.165, 1.54) is 7.11 Å². The van der Waals surface area contributed by atoms with E-state index in [0.717, 1.165) is 40.2 Å². The Morgan fingerprint density at radius 1 is 1.19 bits per heavy atom. The van der Waals surface area contributed by atoms with Gasteiger partial charge in [0.05, 0.1) is 19.6 Å². The van der Waals surface area contributed by atoms with Gasteiger partial charge in [-0.15, -0.1) is 0 Å². The number of hydrogen-bond donors (Lipinski definition) is 1. The van der Waals surface area contributed by atoms with Gasteiger partial charge in [0.2, 0.25) is 5.75 Å². The molecule has 2 aromatic carbocycles. The first kappa shape index (κ1) is 15.4. The Hall–Kier alpha value is -2.82. The van der Waals surface area contributed by atoms with Crippen molar-refractivity contribution in [2.75, 3.05) is 13.7 Å². The van der Waals surface area contributed by atoms with Crippen molar-refractivity contribution in [3.8, 4) is 28.7 Å². The zero-order valence-corrected chi connectivity index (χ0v) is 14.7. The SMILES string of the molecule is C=C(C)C1Cc2cc3c(cc2O1)OC[C@H]1c2ccc(OC)c(O)c2O[C@@H]31. The van der Waals surface area contributed by atoms with Crippen molar-refractivity contribution in [3.63, 3.8) is 0 Å². The van der Waals surface area contributed by atoms with Crippen LogP contribution in [0.3, 0.4) is 0 Å². The smallest absolute Gasteiger partial charge is 0.201 e. The molecule has 5 nitrogen and oxygen atoms in total. The molecule has 3 heterocycles. The third kappa shape index (κ3) is 2.03. The van der Waals surface area contributed by atoms with Crippen LogP contribution >= 0.6 is 0 Å². The lowest BCUT2D eigenvalue weighted by Gasteiger charge is -2.28. The van der Waals surface area contributed by atoms with Crippen molar-refractivity contribution in [2.45, 2.75) is 31.5 Å². The van der Waals surface area contributed by atoms with Gasteiger partial charge in [-0.3, -0.25) is 0 Å². The number of benzene rings is 2. The second kappa shape index (κ2) is 5.34. The summed E-state index contributed by atoms with van der Waals surface area (Å²) in [7, 11) is 1.53. The summed E-state index contributed by atoms with van der Waals surface area (Å²) in [6, 6.07) is 7.78. The molecule has 134 valence electrons. The monoisotopic (exact) mass is 352 g/mol. The number of methoxy groups -OCH3 is 1. The van der Waals surface area contributed by atoms with Crippen molar-refractivity contribution in [1.29, 1.82) is 0 Å². The van der Waals surface area contributed by atoms with E-state index in [4.69, 9.17) is 18.9 Å². The fourth-order valence-corrected chi connectivity index (χ4v) is 4.07. The maximum Gasteiger partial charge on any atom is 0.201 e. The first-order valence-corrected chi connectivity index (χ1v) is 8.75. The standard InChI is InChI=1S/C21H20O5/c1-10(2)16-7-11-6-13-18(8-17(11)25-16)24-9-14-12-4-5-15(23-3)19(22)21(12)26-20(13)14/h4-6,8,14,16,20,22H,1,7,9H2,2-3H3/t14-,16?,20-/m0/s1. The van der Waals surface area contributed by atoms with Crippen LogP contribution in [0.1, 0.15) is 35.6 Å². The van der Waals surface area contributed by atoms with Crippen LogP contribution in [-0.2, 0) is 6.42 Å². The molecule has 0 aromatic heterocycles. The first-order valence-electron chi connectivity index (χ1n) is 8.75. The third-order valence-electron chi connectivity index (χ3n) is 5.50. The summed E-state index contributed by atoms with van der Waals surface area (Å²) in [5.74, 6) is 2.64. The van der Waals surface area contributed by atoms with Crippen LogP contribution in [0, 0.1) is 0 Å². The highest BCUT2D eigenvalue weighted by atomic mass is 16.5. The van der Waals surface area contributed by atoms with Crippen LogP contribution in [-0.4, -0.2) is 24.9 Å². The van der Waals surface area contributed by atoms with Gasteiger partial charge in [-0.1, -0.05) is 12.6 Å². The molecule has 1 N–H and O–H groups in total. The van der Waals surface area contributed by atoms with Crippen molar-refractivity contribution < 1.29 is 24.1 Å². The Kier molecular flexibility index (Phi) is 3.17. The summed E-state index contributed by atoms with van der Waals surface area (Å²) in [6.07, 6.45) is 0.641. The molecule has 0 aliphatic carbocycles. The third-order valence-corrected chi connectivity index (χ3v) is 5.50. The molecule has 0 fully saturated rings. The number of hydrogen-bond acceptors (Lipinski definition) is 5. The molecule has 5 heteroatoms. The highest BCUT2D eigenvalue weighted by Crippen LogP contribution is 2.56. The second-order valence-electron chi connectivity index (χ2n) is 7.15. The minimum Gasteiger partial charge on any atom is -0.502 e. The molecule has 26 heavy (non-hydrogen) atoms. The van der Waals surface area contributed by atoms with E-state index in [1.807, 2.05) is 19.1 Å². The van der Waals surface area contributed by atoms with Crippen molar-refractivity contribution in [3.05, 3.63) is 53.1 Å². The predicted molar refractivity (Wildman–Crippen MR) is 95.6 cm³/mol. The minimum atomic E-state index is -0.180. The lowest BCUT2D eigenvalue weighted by Crippen LogP contribution is -2.23. The quantitative estimate of drug-likeness (QED) is 0.831. The molecule has 3 aliphatic heterocycles. The van der Waals surface area contributed by atoms with E-state index in [0.29, 0.717) is 18.1 Å². The number of fused-ring (bicyclic) bond motifs is 6. The van der Waals surface area contributed by atoms with Gasteiger partial charge in [-0.2, -0.15) is 0 Å². The number of phenolic OH excluding ortho intramolecular Hbond substituents is 1. The topological polar surface area (TPSA) is 57.2 Å². The predicted octanol–water partition coefficient (Wildman–Crippen LogP) is 3.89. The van der Waals surface area contributed by atoms with E-state index >= 15 is 0 Å². The van der Waals surface area contributed by atoms with Crippen molar-refractivity contribution >= 4 is 0 Å². The van der Waals surface area contributed by atoms with E-state index in [9.17, 15) is 5.11 Å². The Labute approximate surface area is 151 Å². The van der Waals surface area contributed by atoms with Gasteiger partial charge >= 0.3 is 0 Å². The summed E-state index contributed by atoms with van der Waals surface area (Å²) in [4.78, 5) is 0. The van der Waals surface area contributed by atoms with Crippen LogP contribution in [0.25, 0.3) is 0 Å². The van der Waals surface area contributed by atoms with Gasteiger partial charge in [0.15, 0.2) is 11.5 Å². The fourth-order valence-electron chi connectivity index (χ4n) is 4.07. The normalized spacial score (nSPS) is 24.3. The van der Waals surface area contributed by atoms with Gasteiger partial charge in [-0.05, 0) is 30.2 Å². The molecule has 3 aliphatic rings. The molecule has 0 saturated carbocycles. The number of phenols is 1. The number of ether oxygens (including phenoxy) is 4. The fraction of sp³-hybridized carbons (Fsp3) is 0.333. The van der Waals surface area contributed by atoms with Crippen LogP contribution in [0.5, 0.6) is 28.7 Å². The molecule has 2 aromatic rings. The summed E-state index contributed by atoms with van der Waals surface area (Å²) in [6.45, 7) is 6.48. The van der Waals surface area contributed by atoms with E-state index in [-0.39, 0.29) is 23.9 Å². The lowest BCUT2D eigenvalue weighted by atomic mass is 9.88. The molecular weight excluding hydrogens is 332 g/mol. The van der Waals surface area contributed by atoms with Gasteiger partial charge in [0.25, 0.3) is 0 Å². The van der Waals surface area contributed by atoms with E-state index in [1.54, 1.807) is 6.07 Å². The maximum absolute atomic E-state index is 10.4. The number of aromatic hydroxyl groups is 1.